The third-order valence-electron chi connectivity index (χ3n) is 4.62. The first-order chi connectivity index (χ1) is 9.68. The van der Waals surface area contributed by atoms with Crippen molar-refractivity contribution >= 4 is 10.0 Å². The lowest BCUT2D eigenvalue weighted by molar-refractivity contribution is 0.0998. The van der Waals surface area contributed by atoms with E-state index in [1.807, 2.05) is 6.92 Å². The average molecular weight is 311 g/mol. The molecular formula is C16H25NO3S. The van der Waals surface area contributed by atoms with Crippen LogP contribution in [-0.4, -0.2) is 14.5 Å². The van der Waals surface area contributed by atoms with Crippen molar-refractivity contribution in [3.05, 3.63) is 23.3 Å². The minimum atomic E-state index is -3.68. The number of rotatable bonds is 3. The van der Waals surface area contributed by atoms with Crippen molar-refractivity contribution in [2.24, 2.45) is 17.0 Å². The molecule has 0 radical (unpaired) electrons. The van der Waals surface area contributed by atoms with Gasteiger partial charge in [-0.2, -0.15) is 0 Å². The fourth-order valence-electron chi connectivity index (χ4n) is 2.98. The van der Waals surface area contributed by atoms with Crippen molar-refractivity contribution < 1.29 is 13.2 Å². The second-order valence-electron chi connectivity index (χ2n) is 6.44. The second kappa shape index (κ2) is 5.97. The molecule has 2 N–H and O–H groups in total. The molecule has 1 aromatic carbocycles. The number of hydrogen-bond acceptors (Lipinski definition) is 3. The largest absolute Gasteiger partial charge is 0.490 e. The molecule has 2 rings (SSSR count). The summed E-state index contributed by atoms with van der Waals surface area (Å²) in [7, 11) is -3.68. The van der Waals surface area contributed by atoms with Gasteiger partial charge in [0.05, 0.1) is 11.0 Å². The van der Waals surface area contributed by atoms with Gasteiger partial charge in [0.15, 0.2) is 0 Å². The Balaban J connectivity index is 2.20. The third-order valence-corrected chi connectivity index (χ3v) is 5.68. The number of benzene rings is 1. The minimum Gasteiger partial charge on any atom is -0.490 e. The molecule has 1 aliphatic carbocycles. The van der Waals surface area contributed by atoms with E-state index >= 15 is 0 Å². The lowest BCUT2D eigenvalue weighted by Crippen LogP contribution is -2.29. The van der Waals surface area contributed by atoms with Crippen molar-refractivity contribution in [1.29, 1.82) is 0 Å². The van der Waals surface area contributed by atoms with E-state index in [-0.39, 0.29) is 11.0 Å². The Morgan fingerprint density at radius 2 is 1.76 bits per heavy atom. The van der Waals surface area contributed by atoms with Crippen LogP contribution in [0.3, 0.4) is 0 Å². The summed E-state index contributed by atoms with van der Waals surface area (Å²) in [4.78, 5) is 0.179. The van der Waals surface area contributed by atoms with E-state index in [0.717, 1.165) is 30.1 Å². The number of sulfonamides is 1. The first-order valence-electron chi connectivity index (χ1n) is 7.49. The van der Waals surface area contributed by atoms with Gasteiger partial charge in [0, 0.05) is 0 Å². The summed E-state index contributed by atoms with van der Waals surface area (Å²) in [5, 5.41) is 5.23. The van der Waals surface area contributed by atoms with Gasteiger partial charge in [-0.1, -0.05) is 13.8 Å². The van der Waals surface area contributed by atoms with Crippen molar-refractivity contribution in [1.82, 2.24) is 0 Å². The van der Waals surface area contributed by atoms with Gasteiger partial charge < -0.3 is 4.74 Å². The zero-order chi connectivity index (χ0) is 15.8. The molecule has 3 unspecified atom stereocenters. The molecule has 0 spiro atoms. The van der Waals surface area contributed by atoms with Gasteiger partial charge in [-0.15, -0.1) is 0 Å². The third kappa shape index (κ3) is 3.77. The van der Waals surface area contributed by atoms with Crippen LogP contribution in [-0.2, 0) is 10.0 Å². The monoisotopic (exact) mass is 311 g/mol. The molecule has 21 heavy (non-hydrogen) atoms. The van der Waals surface area contributed by atoms with Crippen LogP contribution >= 0.6 is 0 Å². The summed E-state index contributed by atoms with van der Waals surface area (Å²) in [5.41, 5.74) is 1.45. The van der Waals surface area contributed by atoms with Gasteiger partial charge in [-0.05, 0) is 68.2 Å². The van der Waals surface area contributed by atoms with E-state index < -0.39 is 10.0 Å². The zero-order valence-corrected chi connectivity index (χ0v) is 14.0. The molecule has 0 aromatic heterocycles. The smallest absolute Gasteiger partial charge is 0.238 e. The molecule has 0 heterocycles. The van der Waals surface area contributed by atoms with Crippen molar-refractivity contribution in [2.45, 2.75) is 58.0 Å². The Bertz CT molecular complexity index is 625. The van der Waals surface area contributed by atoms with Crippen molar-refractivity contribution in [2.75, 3.05) is 0 Å². The van der Waals surface area contributed by atoms with Crippen LogP contribution in [0.1, 0.15) is 44.2 Å². The number of ether oxygens (including phenoxy) is 1. The van der Waals surface area contributed by atoms with Crippen molar-refractivity contribution in [3.63, 3.8) is 0 Å². The summed E-state index contributed by atoms with van der Waals surface area (Å²) in [6.07, 6.45) is 3.51. The van der Waals surface area contributed by atoms with E-state index in [1.54, 1.807) is 19.1 Å². The molecule has 0 saturated heterocycles. The van der Waals surface area contributed by atoms with E-state index in [0.29, 0.717) is 11.5 Å². The topological polar surface area (TPSA) is 69.4 Å². The minimum absolute atomic E-state index is 0.179. The lowest BCUT2D eigenvalue weighted by atomic mass is 9.80. The van der Waals surface area contributed by atoms with Crippen molar-refractivity contribution in [3.8, 4) is 5.75 Å². The SMILES string of the molecule is Cc1cc(S(N)(=O)=O)c(C)cc1OC1CCC(C)C(C)C1. The number of hydrogen-bond donors (Lipinski definition) is 1. The summed E-state index contributed by atoms with van der Waals surface area (Å²) in [5.74, 6) is 2.18. The molecule has 0 amide bonds. The van der Waals surface area contributed by atoms with E-state index in [9.17, 15) is 8.42 Å². The fourth-order valence-corrected chi connectivity index (χ4v) is 3.83. The molecule has 118 valence electrons. The lowest BCUT2D eigenvalue weighted by Gasteiger charge is -2.32. The van der Waals surface area contributed by atoms with Gasteiger partial charge in [0.1, 0.15) is 5.75 Å². The zero-order valence-electron chi connectivity index (χ0n) is 13.2. The van der Waals surface area contributed by atoms with E-state index in [4.69, 9.17) is 9.88 Å². The Morgan fingerprint density at radius 1 is 1.10 bits per heavy atom. The predicted octanol–water partition coefficient (Wildman–Crippen LogP) is 3.15. The molecule has 1 fully saturated rings. The molecule has 1 saturated carbocycles. The summed E-state index contributed by atoms with van der Waals surface area (Å²) < 4.78 is 29.2. The highest BCUT2D eigenvalue weighted by molar-refractivity contribution is 7.89. The Labute approximate surface area is 127 Å². The molecule has 1 aromatic rings. The fraction of sp³-hybridized carbons (Fsp3) is 0.625. The number of primary sulfonamides is 1. The highest BCUT2D eigenvalue weighted by Crippen LogP contribution is 2.33. The highest BCUT2D eigenvalue weighted by Gasteiger charge is 2.26. The first kappa shape index (κ1) is 16.3. The summed E-state index contributed by atoms with van der Waals surface area (Å²) in [6.45, 7) is 8.16. The van der Waals surface area contributed by atoms with Crippen LogP contribution in [0.4, 0.5) is 0 Å². The molecule has 4 nitrogen and oxygen atoms in total. The normalized spacial score (nSPS) is 26.6. The summed E-state index contributed by atoms with van der Waals surface area (Å²) >= 11 is 0. The predicted molar refractivity (Wildman–Crippen MR) is 83.9 cm³/mol. The molecule has 0 bridgehead atoms. The second-order valence-corrected chi connectivity index (χ2v) is 7.97. The Hall–Kier alpha value is -1.07. The highest BCUT2D eigenvalue weighted by atomic mass is 32.2. The molecule has 0 aliphatic heterocycles. The Kier molecular flexibility index (Phi) is 4.63. The number of nitrogens with two attached hydrogens (primary N) is 1. The standard InChI is InChI=1S/C16H25NO3S/c1-10-5-6-14(7-11(10)2)20-15-8-13(4)16(9-12(15)3)21(17,18)19/h8-11,14H,5-7H2,1-4H3,(H2,17,18,19). The Morgan fingerprint density at radius 3 is 2.33 bits per heavy atom. The molecule has 5 heteroatoms. The molecular weight excluding hydrogens is 286 g/mol. The first-order valence-corrected chi connectivity index (χ1v) is 9.04. The molecule has 3 atom stereocenters. The van der Waals surface area contributed by atoms with E-state index in [2.05, 4.69) is 13.8 Å². The van der Waals surface area contributed by atoms with Gasteiger partial charge in [0.2, 0.25) is 10.0 Å². The van der Waals surface area contributed by atoms with Crippen LogP contribution in [0.5, 0.6) is 5.75 Å². The quantitative estimate of drug-likeness (QED) is 0.932. The average Bonchev–Trinajstić information content (AvgIpc) is 2.36. The maximum absolute atomic E-state index is 11.5. The summed E-state index contributed by atoms with van der Waals surface area (Å²) in [6, 6.07) is 3.40. The van der Waals surface area contributed by atoms with E-state index in [1.165, 1.54) is 6.42 Å². The van der Waals surface area contributed by atoms with Crippen LogP contribution in [0.2, 0.25) is 0 Å². The van der Waals surface area contributed by atoms with Gasteiger partial charge in [-0.25, -0.2) is 13.6 Å². The van der Waals surface area contributed by atoms with Gasteiger partial charge >= 0.3 is 0 Å². The number of aryl methyl sites for hydroxylation is 2. The van der Waals surface area contributed by atoms with Crippen LogP contribution < -0.4 is 9.88 Å². The van der Waals surface area contributed by atoms with Crippen LogP contribution in [0.15, 0.2) is 17.0 Å². The van der Waals surface area contributed by atoms with Gasteiger partial charge in [0.25, 0.3) is 0 Å². The maximum Gasteiger partial charge on any atom is 0.238 e. The molecule has 1 aliphatic rings. The van der Waals surface area contributed by atoms with Crippen LogP contribution in [0, 0.1) is 25.7 Å². The van der Waals surface area contributed by atoms with Gasteiger partial charge in [-0.3, -0.25) is 0 Å². The van der Waals surface area contributed by atoms with Crippen LogP contribution in [0.25, 0.3) is 0 Å². The maximum atomic E-state index is 11.5.